The standard InChI is InChI=1S/C14H20BrClN2/c15-14-4-2-13(3-5-14)12-18-8-1-7-17(9-6-16)10-11-18/h2-5H,1,6-12H2. The van der Waals surface area contributed by atoms with Crippen molar-refractivity contribution < 1.29 is 0 Å². The zero-order valence-electron chi connectivity index (χ0n) is 10.6. The number of benzene rings is 1. The largest absolute Gasteiger partial charge is 0.301 e. The van der Waals surface area contributed by atoms with Gasteiger partial charge in [-0.15, -0.1) is 11.6 Å². The van der Waals surface area contributed by atoms with E-state index in [9.17, 15) is 0 Å². The molecule has 0 aromatic heterocycles. The number of rotatable bonds is 4. The van der Waals surface area contributed by atoms with Crippen LogP contribution in [0.4, 0.5) is 0 Å². The van der Waals surface area contributed by atoms with Crippen LogP contribution in [-0.2, 0) is 6.54 Å². The molecule has 0 spiro atoms. The van der Waals surface area contributed by atoms with Crippen LogP contribution in [0.1, 0.15) is 12.0 Å². The Balaban J connectivity index is 1.84. The summed E-state index contributed by atoms with van der Waals surface area (Å²) >= 11 is 9.28. The van der Waals surface area contributed by atoms with Crippen molar-refractivity contribution in [3.63, 3.8) is 0 Å². The molecule has 1 aromatic rings. The van der Waals surface area contributed by atoms with Gasteiger partial charge >= 0.3 is 0 Å². The maximum atomic E-state index is 5.81. The molecule has 100 valence electrons. The summed E-state index contributed by atoms with van der Waals surface area (Å²) in [6.07, 6.45) is 1.24. The third-order valence-electron chi connectivity index (χ3n) is 3.40. The third kappa shape index (κ3) is 4.54. The predicted octanol–water partition coefficient (Wildman–Crippen LogP) is 3.20. The Morgan fingerprint density at radius 3 is 2.39 bits per heavy atom. The highest BCUT2D eigenvalue weighted by atomic mass is 79.9. The molecule has 0 saturated carbocycles. The maximum Gasteiger partial charge on any atom is 0.0351 e. The molecule has 1 aliphatic rings. The van der Waals surface area contributed by atoms with Gasteiger partial charge in [-0.05, 0) is 37.2 Å². The zero-order chi connectivity index (χ0) is 12.8. The number of halogens is 2. The second-order valence-corrected chi connectivity index (χ2v) is 6.08. The van der Waals surface area contributed by atoms with E-state index in [0.717, 1.165) is 36.5 Å². The monoisotopic (exact) mass is 330 g/mol. The summed E-state index contributed by atoms with van der Waals surface area (Å²) < 4.78 is 1.15. The molecule has 0 atom stereocenters. The highest BCUT2D eigenvalue weighted by Crippen LogP contribution is 2.13. The van der Waals surface area contributed by atoms with Crippen LogP contribution >= 0.6 is 27.5 Å². The van der Waals surface area contributed by atoms with Gasteiger partial charge in [0, 0.05) is 36.5 Å². The van der Waals surface area contributed by atoms with Crippen molar-refractivity contribution in [2.75, 3.05) is 38.6 Å². The van der Waals surface area contributed by atoms with Crippen LogP contribution in [0.3, 0.4) is 0 Å². The highest BCUT2D eigenvalue weighted by molar-refractivity contribution is 9.10. The molecule has 0 amide bonds. The smallest absolute Gasteiger partial charge is 0.0351 e. The van der Waals surface area contributed by atoms with Gasteiger partial charge in [0.1, 0.15) is 0 Å². The van der Waals surface area contributed by atoms with Crippen LogP contribution in [0.5, 0.6) is 0 Å². The molecule has 2 rings (SSSR count). The Morgan fingerprint density at radius 2 is 1.67 bits per heavy atom. The fourth-order valence-corrected chi connectivity index (χ4v) is 2.88. The van der Waals surface area contributed by atoms with Crippen LogP contribution < -0.4 is 0 Å². The van der Waals surface area contributed by atoms with E-state index in [0.29, 0.717) is 0 Å². The van der Waals surface area contributed by atoms with Gasteiger partial charge in [0.25, 0.3) is 0 Å². The Morgan fingerprint density at radius 1 is 1.00 bits per heavy atom. The van der Waals surface area contributed by atoms with Crippen molar-refractivity contribution in [1.29, 1.82) is 0 Å². The first kappa shape index (κ1) is 14.3. The van der Waals surface area contributed by atoms with Crippen molar-refractivity contribution in [3.8, 4) is 0 Å². The fraction of sp³-hybridized carbons (Fsp3) is 0.571. The van der Waals surface area contributed by atoms with Gasteiger partial charge in [0.05, 0.1) is 0 Å². The number of hydrogen-bond donors (Lipinski definition) is 0. The molecule has 1 heterocycles. The quantitative estimate of drug-likeness (QED) is 0.782. The maximum absolute atomic E-state index is 5.81. The van der Waals surface area contributed by atoms with Crippen molar-refractivity contribution >= 4 is 27.5 Å². The van der Waals surface area contributed by atoms with Crippen LogP contribution in [-0.4, -0.2) is 48.4 Å². The zero-order valence-corrected chi connectivity index (χ0v) is 13.0. The first-order valence-electron chi connectivity index (χ1n) is 6.53. The summed E-state index contributed by atoms with van der Waals surface area (Å²) in [5.74, 6) is 0.743. The molecule has 1 aliphatic heterocycles. The van der Waals surface area contributed by atoms with Crippen molar-refractivity contribution in [1.82, 2.24) is 9.80 Å². The molecule has 0 N–H and O–H groups in total. The second kappa shape index (κ2) is 7.49. The molecule has 0 aliphatic carbocycles. The lowest BCUT2D eigenvalue weighted by Crippen LogP contribution is -2.31. The molecule has 18 heavy (non-hydrogen) atoms. The first-order chi connectivity index (χ1) is 8.78. The number of alkyl halides is 1. The summed E-state index contributed by atoms with van der Waals surface area (Å²) in [5, 5.41) is 0. The highest BCUT2D eigenvalue weighted by Gasteiger charge is 2.14. The normalized spacial score (nSPS) is 18.8. The van der Waals surface area contributed by atoms with E-state index in [1.165, 1.54) is 25.1 Å². The Hall–Kier alpha value is -0.0900. The lowest BCUT2D eigenvalue weighted by atomic mass is 10.2. The molecule has 0 unspecified atom stereocenters. The first-order valence-corrected chi connectivity index (χ1v) is 7.86. The summed E-state index contributed by atoms with van der Waals surface area (Å²) in [5.41, 5.74) is 1.39. The molecule has 1 aromatic carbocycles. The van der Waals surface area contributed by atoms with E-state index in [1.807, 2.05) is 0 Å². The molecule has 2 nitrogen and oxygen atoms in total. The third-order valence-corrected chi connectivity index (χ3v) is 4.10. The molecule has 1 fully saturated rings. The van der Waals surface area contributed by atoms with Gasteiger partial charge in [0.15, 0.2) is 0 Å². The van der Waals surface area contributed by atoms with E-state index in [-0.39, 0.29) is 0 Å². The Bertz CT molecular complexity index is 355. The van der Waals surface area contributed by atoms with E-state index < -0.39 is 0 Å². The average molecular weight is 332 g/mol. The second-order valence-electron chi connectivity index (χ2n) is 4.79. The number of nitrogens with zero attached hydrogens (tertiary/aromatic N) is 2. The lowest BCUT2D eigenvalue weighted by molar-refractivity contribution is 0.258. The minimum Gasteiger partial charge on any atom is -0.301 e. The van der Waals surface area contributed by atoms with Crippen molar-refractivity contribution in [2.45, 2.75) is 13.0 Å². The van der Waals surface area contributed by atoms with Crippen LogP contribution in [0.25, 0.3) is 0 Å². The topological polar surface area (TPSA) is 6.48 Å². The van der Waals surface area contributed by atoms with Gasteiger partial charge in [-0.2, -0.15) is 0 Å². The van der Waals surface area contributed by atoms with Gasteiger partial charge in [-0.3, -0.25) is 4.90 Å². The molecule has 1 saturated heterocycles. The summed E-state index contributed by atoms with van der Waals surface area (Å²) in [6.45, 7) is 6.74. The van der Waals surface area contributed by atoms with Crippen molar-refractivity contribution in [2.24, 2.45) is 0 Å². The Kier molecular flexibility index (Phi) is 5.96. The molecule has 0 bridgehead atoms. The summed E-state index contributed by atoms with van der Waals surface area (Å²) in [6, 6.07) is 8.64. The van der Waals surface area contributed by atoms with Gasteiger partial charge < -0.3 is 4.90 Å². The Labute approximate surface area is 123 Å². The van der Waals surface area contributed by atoms with Crippen molar-refractivity contribution in [3.05, 3.63) is 34.3 Å². The lowest BCUT2D eigenvalue weighted by Gasteiger charge is -2.21. The summed E-state index contributed by atoms with van der Waals surface area (Å²) in [7, 11) is 0. The van der Waals surface area contributed by atoms with E-state index in [4.69, 9.17) is 11.6 Å². The molecular weight excluding hydrogens is 312 g/mol. The molecule has 4 heteroatoms. The van der Waals surface area contributed by atoms with E-state index in [1.54, 1.807) is 0 Å². The van der Waals surface area contributed by atoms with Crippen LogP contribution in [0.15, 0.2) is 28.7 Å². The predicted molar refractivity (Wildman–Crippen MR) is 81.2 cm³/mol. The van der Waals surface area contributed by atoms with Crippen LogP contribution in [0, 0.1) is 0 Å². The summed E-state index contributed by atoms with van der Waals surface area (Å²) in [4.78, 5) is 5.01. The molecule has 0 radical (unpaired) electrons. The molecular formula is C14H20BrClN2. The van der Waals surface area contributed by atoms with E-state index >= 15 is 0 Å². The minimum atomic E-state index is 0.743. The van der Waals surface area contributed by atoms with Gasteiger partial charge in [-0.1, -0.05) is 28.1 Å². The SMILES string of the molecule is ClCCN1CCCN(Cc2ccc(Br)cc2)CC1. The van der Waals surface area contributed by atoms with Gasteiger partial charge in [0.2, 0.25) is 0 Å². The van der Waals surface area contributed by atoms with E-state index in [2.05, 4.69) is 50.0 Å². The average Bonchev–Trinajstić information content (AvgIpc) is 2.59. The minimum absolute atomic E-state index is 0.743. The van der Waals surface area contributed by atoms with Crippen LogP contribution in [0.2, 0.25) is 0 Å². The van der Waals surface area contributed by atoms with Gasteiger partial charge in [-0.25, -0.2) is 0 Å². The fourth-order valence-electron chi connectivity index (χ4n) is 2.37. The number of hydrogen-bond acceptors (Lipinski definition) is 2.